The first-order valence-corrected chi connectivity index (χ1v) is 19.1. The van der Waals surface area contributed by atoms with Crippen LogP contribution in [-0.4, -0.2) is 19.9 Å². The van der Waals surface area contributed by atoms with E-state index in [0.717, 1.165) is 67.1 Å². The number of fused-ring (bicyclic) bond motifs is 8. The molecule has 5 heterocycles. The van der Waals surface area contributed by atoms with Crippen molar-refractivity contribution in [3.8, 4) is 34.6 Å². The smallest absolute Gasteiger partial charge is 0.0816 e. The van der Waals surface area contributed by atoms with E-state index in [0.29, 0.717) is 5.56 Å². The standard InChI is InChI=1S/C50H54N4/c1-14-38-39-19-21-43(53-39)45(30-23-32(47(2,3)4)27-33(24-30)48(5,6)7)41-17-15-36(51-41)29-37-16-18-42(52-37)46(44-22-20-40(38)54-44)31-25-34(49(8,9)10)28-35(26-31)50(11,12)13/h1,15-29,51-52H,2-13H3. The van der Waals surface area contributed by atoms with Crippen molar-refractivity contribution in [2.24, 2.45) is 0 Å². The lowest BCUT2D eigenvalue weighted by Gasteiger charge is -2.26. The monoisotopic (exact) mass is 710 g/mol. The number of nitrogens with zero attached hydrogens (tertiary/aromatic N) is 2. The molecule has 0 saturated heterocycles. The number of aromatic nitrogens is 4. The third-order valence-electron chi connectivity index (χ3n) is 10.6. The van der Waals surface area contributed by atoms with Gasteiger partial charge in [-0.15, -0.1) is 6.42 Å². The highest BCUT2D eigenvalue weighted by Gasteiger charge is 2.25. The Kier molecular flexibility index (Phi) is 8.81. The Labute approximate surface area is 321 Å². The summed E-state index contributed by atoms with van der Waals surface area (Å²) in [7, 11) is 0. The summed E-state index contributed by atoms with van der Waals surface area (Å²) in [6.07, 6.45) is 14.6. The molecule has 0 aliphatic carbocycles. The van der Waals surface area contributed by atoms with Gasteiger partial charge in [-0.2, -0.15) is 0 Å². The summed E-state index contributed by atoms with van der Waals surface area (Å²) in [5.41, 5.74) is 17.1. The molecule has 7 rings (SSSR count). The molecule has 2 aliphatic rings. The largest absolute Gasteiger partial charge is 0.355 e. The van der Waals surface area contributed by atoms with E-state index in [-0.39, 0.29) is 21.7 Å². The molecule has 2 aliphatic heterocycles. The molecule has 5 aromatic rings. The van der Waals surface area contributed by atoms with Gasteiger partial charge in [-0.3, -0.25) is 0 Å². The fraction of sp³-hybridized carbons (Fsp3) is 0.320. The molecule has 0 amide bonds. The van der Waals surface area contributed by atoms with Crippen LogP contribution in [0.3, 0.4) is 0 Å². The molecule has 0 unspecified atom stereocenters. The lowest BCUT2D eigenvalue weighted by molar-refractivity contribution is 0.568. The van der Waals surface area contributed by atoms with Gasteiger partial charge in [0.2, 0.25) is 0 Å². The van der Waals surface area contributed by atoms with Crippen LogP contribution in [0, 0.1) is 12.3 Å². The SMILES string of the molecule is C#Cc1c2nc(c(-c3cc(C(C)(C)C)cc(C(C)(C)C)c3)c3ccc(cc4ccc([nH]4)c(-c4cc(C(C)(C)C)cc(C(C)(C)C)c4)c4nc1C=C4)[nH]3)C=C2. The van der Waals surface area contributed by atoms with E-state index in [1.165, 1.54) is 22.3 Å². The summed E-state index contributed by atoms with van der Waals surface area (Å²) in [6, 6.07) is 24.8. The van der Waals surface area contributed by atoms with E-state index in [4.69, 9.17) is 16.4 Å². The Morgan fingerprint density at radius 1 is 0.444 bits per heavy atom. The predicted molar refractivity (Wildman–Crippen MR) is 232 cm³/mol. The van der Waals surface area contributed by atoms with Crippen molar-refractivity contribution >= 4 is 46.4 Å². The van der Waals surface area contributed by atoms with E-state index in [2.05, 4.69) is 178 Å². The number of nitrogens with one attached hydrogen (secondary N) is 2. The average molecular weight is 711 g/mol. The van der Waals surface area contributed by atoms with Crippen molar-refractivity contribution < 1.29 is 0 Å². The van der Waals surface area contributed by atoms with E-state index >= 15 is 0 Å². The summed E-state index contributed by atoms with van der Waals surface area (Å²) in [6.45, 7) is 27.3. The fourth-order valence-corrected chi connectivity index (χ4v) is 7.17. The normalized spacial score (nSPS) is 13.4. The van der Waals surface area contributed by atoms with Crippen molar-refractivity contribution in [3.05, 3.63) is 117 Å². The van der Waals surface area contributed by atoms with Crippen LogP contribution in [0.15, 0.2) is 66.7 Å². The van der Waals surface area contributed by atoms with Crippen LogP contribution >= 0.6 is 0 Å². The number of benzene rings is 2. The maximum absolute atomic E-state index is 6.32. The second-order valence-corrected chi connectivity index (χ2v) is 19.1. The molecular weight excluding hydrogens is 657 g/mol. The molecule has 54 heavy (non-hydrogen) atoms. The van der Waals surface area contributed by atoms with Crippen LogP contribution in [0.25, 0.3) is 68.6 Å². The average Bonchev–Trinajstić information content (AvgIpc) is 3.90. The summed E-state index contributed by atoms with van der Waals surface area (Å²) >= 11 is 0. The summed E-state index contributed by atoms with van der Waals surface area (Å²) in [4.78, 5) is 18.0. The Hall–Kier alpha value is -5.40. The van der Waals surface area contributed by atoms with Crippen molar-refractivity contribution in [2.75, 3.05) is 0 Å². The van der Waals surface area contributed by atoms with Gasteiger partial charge in [0.05, 0.1) is 28.3 Å². The Balaban J connectivity index is 1.59. The van der Waals surface area contributed by atoms with Crippen molar-refractivity contribution in [2.45, 2.75) is 105 Å². The molecule has 0 saturated carbocycles. The first-order chi connectivity index (χ1) is 25.2. The minimum absolute atomic E-state index is 0.0384. The minimum atomic E-state index is -0.0384. The third kappa shape index (κ3) is 7.13. The Morgan fingerprint density at radius 2 is 0.778 bits per heavy atom. The summed E-state index contributed by atoms with van der Waals surface area (Å²) in [5.74, 6) is 2.98. The topological polar surface area (TPSA) is 57.4 Å². The van der Waals surface area contributed by atoms with E-state index in [1.807, 2.05) is 12.2 Å². The summed E-state index contributed by atoms with van der Waals surface area (Å²) in [5, 5.41) is 0. The lowest BCUT2D eigenvalue weighted by atomic mass is 9.78. The van der Waals surface area contributed by atoms with E-state index in [9.17, 15) is 0 Å². The van der Waals surface area contributed by atoms with E-state index in [1.54, 1.807) is 0 Å². The Bertz CT molecular complexity index is 2350. The zero-order valence-corrected chi connectivity index (χ0v) is 34.1. The molecular formula is C50H54N4. The first kappa shape index (κ1) is 36.9. The zero-order valence-electron chi connectivity index (χ0n) is 34.1. The molecule has 0 fully saturated rings. The molecule has 4 heteroatoms. The van der Waals surface area contributed by atoms with Gasteiger partial charge in [-0.1, -0.05) is 125 Å². The van der Waals surface area contributed by atoms with Gasteiger partial charge >= 0.3 is 0 Å². The highest BCUT2D eigenvalue weighted by molar-refractivity contribution is 5.94. The van der Waals surface area contributed by atoms with Gasteiger partial charge in [0, 0.05) is 33.2 Å². The quantitative estimate of drug-likeness (QED) is 0.176. The number of aromatic amines is 2. The summed E-state index contributed by atoms with van der Waals surface area (Å²) < 4.78 is 0. The van der Waals surface area contributed by atoms with Gasteiger partial charge in [0.1, 0.15) is 0 Å². The van der Waals surface area contributed by atoms with Crippen LogP contribution in [-0.2, 0) is 21.7 Å². The molecule has 8 bridgehead atoms. The van der Waals surface area contributed by atoms with E-state index < -0.39 is 0 Å². The first-order valence-electron chi connectivity index (χ1n) is 19.1. The molecule has 0 spiro atoms. The molecule has 274 valence electrons. The Morgan fingerprint density at radius 3 is 1.09 bits per heavy atom. The molecule has 2 N–H and O–H groups in total. The van der Waals surface area contributed by atoms with Crippen LogP contribution in [0.5, 0.6) is 0 Å². The minimum Gasteiger partial charge on any atom is -0.355 e. The lowest BCUT2D eigenvalue weighted by Crippen LogP contribution is -2.16. The highest BCUT2D eigenvalue weighted by atomic mass is 14.8. The van der Waals surface area contributed by atoms with Crippen LogP contribution < -0.4 is 0 Å². The number of hydrogen-bond acceptors (Lipinski definition) is 2. The maximum atomic E-state index is 6.32. The molecule has 2 aromatic carbocycles. The van der Waals surface area contributed by atoms with Crippen LogP contribution in [0.1, 0.15) is 134 Å². The fourth-order valence-electron chi connectivity index (χ4n) is 7.17. The number of terminal acetylenes is 1. The highest BCUT2D eigenvalue weighted by Crippen LogP contribution is 2.40. The van der Waals surface area contributed by atoms with Crippen molar-refractivity contribution in [1.82, 2.24) is 19.9 Å². The van der Waals surface area contributed by atoms with Crippen molar-refractivity contribution in [3.63, 3.8) is 0 Å². The van der Waals surface area contributed by atoms with Crippen LogP contribution in [0.4, 0.5) is 0 Å². The molecule has 0 radical (unpaired) electrons. The van der Waals surface area contributed by atoms with Gasteiger partial charge in [-0.25, -0.2) is 9.97 Å². The number of rotatable bonds is 2. The second kappa shape index (κ2) is 12.9. The van der Waals surface area contributed by atoms with Crippen LogP contribution in [0.2, 0.25) is 0 Å². The maximum Gasteiger partial charge on any atom is 0.0816 e. The number of hydrogen-bond donors (Lipinski definition) is 2. The second-order valence-electron chi connectivity index (χ2n) is 19.1. The predicted octanol–water partition coefficient (Wildman–Crippen LogP) is 13.2. The zero-order chi connectivity index (χ0) is 39.0. The van der Waals surface area contributed by atoms with Gasteiger partial charge < -0.3 is 9.97 Å². The molecule has 4 nitrogen and oxygen atoms in total. The van der Waals surface area contributed by atoms with Gasteiger partial charge in [0.15, 0.2) is 0 Å². The van der Waals surface area contributed by atoms with Crippen molar-refractivity contribution in [1.29, 1.82) is 0 Å². The van der Waals surface area contributed by atoms with Gasteiger partial charge in [0.25, 0.3) is 0 Å². The molecule has 3 aromatic heterocycles. The molecule has 0 atom stereocenters. The third-order valence-corrected chi connectivity index (χ3v) is 10.6. The van der Waals surface area contributed by atoms with Gasteiger partial charge in [-0.05, 0) is 110 Å². The number of H-pyrrole nitrogens is 2.